The third-order valence-electron chi connectivity index (χ3n) is 2.48. The van der Waals surface area contributed by atoms with Crippen molar-refractivity contribution in [2.75, 3.05) is 0 Å². The first-order valence-electron chi connectivity index (χ1n) is 5.68. The molecule has 2 nitrogen and oxygen atoms in total. The molecule has 0 aromatic heterocycles. The molecule has 1 N–H and O–H groups in total. The Hall–Kier alpha value is -1.02. The average Bonchev–Trinajstić information content (AvgIpc) is 2.26. The predicted octanol–water partition coefficient (Wildman–Crippen LogP) is 3.71. The summed E-state index contributed by atoms with van der Waals surface area (Å²) >= 11 is 5.90. The Bertz CT molecular complexity index is 352. The molecule has 0 saturated heterocycles. The van der Waals surface area contributed by atoms with Gasteiger partial charge in [-0.2, -0.15) is 0 Å². The van der Waals surface area contributed by atoms with Crippen LogP contribution in [0.2, 0.25) is 5.02 Å². The molecule has 0 saturated carbocycles. The third kappa shape index (κ3) is 4.23. The predicted molar refractivity (Wildman–Crippen MR) is 67.5 cm³/mol. The van der Waals surface area contributed by atoms with Crippen molar-refractivity contribution in [2.45, 2.75) is 39.2 Å². The summed E-state index contributed by atoms with van der Waals surface area (Å²) in [6, 6.07) is 7.59. The largest absolute Gasteiger partial charge is 0.350 e. The summed E-state index contributed by atoms with van der Waals surface area (Å²) in [5, 5.41) is 3.66. The fourth-order valence-electron chi connectivity index (χ4n) is 1.51. The zero-order valence-corrected chi connectivity index (χ0v) is 10.6. The standard InChI is InChI=1S/C13H18ClNO/c1-3-4-8-13(16)15-10(2)11-6-5-7-12(14)9-11/h5-7,9-10H,3-4,8H2,1-2H3,(H,15,16)/t10-/m1/s1. The molecule has 0 unspecified atom stereocenters. The van der Waals surface area contributed by atoms with Gasteiger partial charge in [-0.3, -0.25) is 4.79 Å². The summed E-state index contributed by atoms with van der Waals surface area (Å²) in [7, 11) is 0. The molecule has 1 aromatic carbocycles. The van der Waals surface area contributed by atoms with Crippen molar-refractivity contribution in [2.24, 2.45) is 0 Å². The van der Waals surface area contributed by atoms with E-state index < -0.39 is 0 Å². The van der Waals surface area contributed by atoms with Gasteiger partial charge in [-0.25, -0.2) is 0 Å². The van der Waals surface area contributed by atoms with Crippen molar-refractivity contribution in [3.8, 4) is 0 Å². The van der Waals surface area contributed by atoms with Crippen molar-refractivity contribution < 1.29 is 4.79 Å². The van der Waals surface area contributed by atoms with Crippen LogP contribution in [0.15, 0.2) is 24.3 Å². The van der Waals surface area contributed by atoms with Crippen LogP contribution in [-0.2, 0) is 4.79 Å². The van der Waals surface area contributed by atoms with E-state index in [1.54, 1.807) is 0 Å². The highest BCUT2D eigenvalue weighted by Crippen LogP contribution is 2.17. The molecule has 1 atom stereocenters. The Labute approximate surface area is 102 Å². The molecule has 3 heteroatoms. The van der Waals surface area contributed by atoms with Crippen LogP contribution in [0.1, 0.15) is 44.7 Å². The van der Waals surface area contributed by atoms with Crippen LogP contribution < -0.4 is 5.32 Å². The molecule has 1 amide bonds. The van der Waals surface area contributed by atoms with Crippen molar-refractivity contribution in [3.05, 3.63) is 34.9 Å². The Morgan fingerprint density at radius 2 is 2.25 bits per heavy atom. The van der Waals surface area contributed by atoms with E-state index in [-0.39, 0.29) is 11.9 Å². The normalized spacial score (nSPS) is 12.2. The van der Waals surface area contributed by atoms with Crippen molar-refractivity contribution in [3.63, 3.8) is 0 Å². The van der Waals surface area contributed by atoms with Gasteiger partial charge in [-0.1, -0.05) is 37.1 Å². The topological polar surface area (TPSA) is 29.1 Å². The van der Waals surface area contributed by atoms with E-state index in [2.05, 4.69) is 12.2 Å². The van der Waals surface area contributed by atoms with E-state index in [0.717, 1.165) is 18.4 Å². The highest BCUT2D eigenvalue weighted by Gasteiger charge is 2.08. The first-order chi connectivity index (χ1) is 7.63. The SMILES string of the molecule is CCCCC(=O)N[C@H](C)c1cccc(Cl)c1. The Balaban J connectivity index is 2.52. The number of carbonyl (C=O) groups excluding carboxylic acids is 1. The number of hydrogen-bond donors (Lipinski definition) is 1. The number of halogens is 1. The lowest BCUT2D eigenvalue weighted by Gasteiger charge is -2.14. The van der Waals surface area contributed by atoms with Gasteiger partial charge in [0.1, 0.15) is 0 Å². The minimum absolute atomic E-state index is 0.0167. The highest BCUT2D eigenvalue weighted by molar-refractivity contribution is 6.30. The Morgan fingerprint density at radius 1 is 1.50 bits per heavy atom. The summed E-state index contributed by atoms with van der Waals surface area (Å²) in [4.78, 5) is 11.5. The van der Waals surface area contributed by atoms with Gasteiger partial charge in [0.2, 0.25) is 5.91 Å². The van der Waals surface area contributed by atoms with E-state index in [9.17, 15) is 4.79 Å². The molecule has 1 rings (SSSR count). The zero-order valence-electron chi connectivity index (χ0n) is 9.79. The zero-order chi connectivity index (χ0) is 12.0. The summed E-state index contributed by atoms with van der Waals surface area (Å²) in [6.07, 6.45) is 2.58. The van der Waals surface area contributed by atoms with Crippen LogP contribution >= 0.6 is 11.6 Å². The molecule has 0 fully saturated rings. The lowest BCUT2D eigenvalue weighted by molar-refractivity contribution is -0.121. The maximum absolute atomic E-state index is 11.5. The fourth-order valence-corrected chi connectivity index (χ4v) is 1.71. The second-order valence-electron chi connectivity index (χ2n) is 3.95. The van der Waals surface area contributed by atoms with E-state index in [1.165, 1.54) is 0 Å². The number of unbranched alkanes of at least 4 members (excludes halogenated alkanes) is 1. The van der Waals surface area contributed by atoms with Crippen LogP contribution in [-0.4, -0.2) is 5.91 Å². The molecule has 0 radical (unpaired) electrons. The van der Waals surface area contributed by atoms with Gasteiger partial charge in [0.25, 0.3) is 0 Å². The molecule has 0 aliphatic rings. The minimum atomic E-state index is 0.0167. The number of benzene rings is 1. The van der Waals surface area contributed by atoms with Gasteiger partial charge in [0, 0.05) is 11.4 Å². The second kappa shape index (κ2) is 6.54. The average molecular weight is 240 g/mol. The summed E-state index contributed by atoms with van der Waals surface area (Å²) in [6.45, 7) is 4.04. The van der Waals surface area contributed by atoms with Gasteiger partial charge in [-0.05, 0) is 31.0 Å². The van der Waals surface area contributed by atoms with Crippen molar-refractivity contribution in [1.82, 2.24) is 5.32 Å². The maximum Gasteiger partial charge on any atom is 0.220 e. The van der Waals surface area contributed by atoms with Gasteiger partial charge in [0.15, 0.2) is 0 Å². The van der Waals surface area contributed by atoms with Gasteiger partial charge < -0.3 is 5.32 Å². The molecular weight excluding hydrogens is 222 g/mol. The van der Waals surface area contributed by atoms with Crippen LogP contribution in [0.25, 0.3) is 0 Å². The fraction of sp³-hybridized carbons (Fsp3) is 0.462. The Morgan fingerprint density at radius 3 is 2.88 bits per heavy atom. The van der Waals surface area contributed by atoms with E-state index in [0.29, 0.717) is 11.4 Å². The number of nitrogens with one attached hydrogen (secondary N) is 1. The van der Waals surface area contributed by atoms with Crippen molar-refractivity contribution >= 4 is 17.5 Å². The lowest BCUT2D eigenvalue weighted by atomic mass is 10.1. The van der Waals surface area contributed by atoms with Crippen LogP contribution in [0.4, 0.5) is 0 Å². The molecule has 0 heterocycles. The molecule has 0 aliphatic heterocycles. The monoisotopic (exact) mass is 239 g/mol. The Kier molecular flexibility index (Phi) is 5.33. The second-order valence-corrected chi connectivity index (χ2v) is 4.38. The van der Waals surface area contributed by atoms with Gasteiger partial charge in [-0.15, -0.1) is 0 Å². The van der Waals surface area contributed by atoms with Crippen LogP contribution in [0, 0.1) is 0 Å². The number of carbonyl (C=O) groups is 1. The first-order valence-corrected chi connectivity index (χ1v) is 6.06. The first kappa shape index (κ1) is 13.0. The van der Waals surface area contributed by atoms with Gasteiger partial charge in [0.05, 0.1) is 6.04 Å². The third-order valence-corrected chi connectivity index (χ3v) is 2.72. The highest BCUT2D eigenvalue weighted by atomic mass is 35.5. The molecule has 1 aromatic rings. The maximum atomic E-state index is 11.5. The van der Waals surface area contributed by atoms with Crippen LogP contribution in [0.5, 0.6) is 0 Å². The van der Waals surface area contributed by atoms with Gasteiger partial charge >= 0.3 is 0 Å². The van der Waals surface area contributed by atoms with E-state index in [4.69, 9.17) is 11.6 Å². The molecule has 88 valence electrons. The number of hydrogen-bond acceptors (Lipinski definition) is 1. The summed E-state index contributed by atoms with van der Waals surface area (Å²) in [5.41, 5.74) is 1.04. The number of amides is 1. The molecule has 16 heavy (non-hydrogen) atoms. The number of rotatable bonds is 5. The molecule has 0 aliphatic carbocycles. The minimum Gasteiger partial charge on any atom is -0.350 e. The van der Waals surface area contributed by atoms with Crippen LogP contribution in [0.3, 0.4) is 0 Å². The smallest absolute Gasteiger partial charge is 0.220 e. The summed E-state index contributed by atoms with van der Waals surface area (Å²) in [5.74, 6) is 0.106. The molecule has 0 spiro atoms. The van der Waals surface area contributed by atoms with Crippen molar-refractivity contribution in [1.29, 1.82) is 0 Å². The molecule has 0 bridgehead atoms. The van der Waals surface area contributed by atoms with E-state index >= 15 is 0 Å². The molecular formula is C13H18ClNO. The lowest BCUT2D eigenvalue weighted by Crippen LogP contribution is -2.26. The summed E-state index contributed by atoms with van der Waals surface area (Å²) < 4.78 is 0. The van der Waals surface area contributed by atoms with E-state index in [1.807, 2.05) is 31.2 Å². The quantitative estimate of drug-likeness (QED) is 0.834.